The van der Waals surface area contributed by atoms with Crippen LogP contribution >= 0.6 is 0 Å². The van der Waals surface area contributed by atoms with Crippen LogP contribution in [0.25, 0.3) is 0 Å². The third-order valence-electron chi connectivity index (χ3n) is 5.60. The van der Waals surface area contributed by atoms with Crippen molar-refractivity contribution in [1.82, 2.24) is 10.2 Å². The maximum Gasteiger partial charge on any atom is 0.223 e. The summed E-state index contributed by atoms with van der Waals surface area (Å²) in [6.45, 7) is 3.29. The van der Waals surface area contributed by atoms with Crippen molar-refractivity contribution in [2.75, 3.05) is 19.6 Å². The molecule has 0 radical (unpaired) electrons. The Kier molecular flexibility index (Phi) is 5.56. The Morgan fingerprint density at radius 1 is 0.905 bits per heavy atom. The number of nitrogens with one attached hydrogen (secondary N) is 1. The number of carbonyl (C=O) groups is 1. The normalized spacial score (nSPS) is 28.1. The van der Waals surface area contributed by atoms with E-state index in [1.807, 2.05) is 0 Å². The van der Waals surface area contributed by atoms with E-state index >= 15 is 0 Å². The van der Waals surface area contributed by atoms with Gasteiger partial charge in [0.2, 0.25) is 5.91 Å². The van der Waals surface area contributed by atoms with E-state index in [4.69, 9.17) is 0 Å². The Labute approximate surface area is 129 Å². The molecule has 1 aliphatic heterocycles. The standard InChI is InChI=1S/C18H32N2O/c21-18(12-15-6-3-1-2-4-7-15)20(17-9-10-17)14-16-8-5-11-19-13-16/h15-17,19H,1-14H2. The molecular weight excluding hydrogens is 260 g/mol. The van der Waals surface area contributed by atoms with Gasteiger partial charge in [-0.05, 0) is 63.5 Å². The molecule has 1 unspecified atom stereocenters. The second kappa shape index (κ2) is 7.62. The first-order valence-corrected chi connectivity index (χ1v) is 9.33. The molecule has 3 heteroatoms. The van der Waals surface area contributed by atoms with Crippen molar-refractivity contribution in [2.45, 2.75) is 76.7 Å². The van der Waals surface area contributed by atoms with E-state index < -0.39 is 0 Å². The third-order valence-corrected chi connectivity index (χ3v) is 5.60. The van der Waals surface area contributed by atoms with Crippen molar-refractivity contribution in [3.63, 3.8) is 0 Å². The zero-order valence-electron chi connectivity index (χ0n) is 13.5. The monoisotopic (exact) mass is 292 g/mol. The fraction of sp³-hybridized carbons (Fsp3) is 0.944. The summed E-state index contributed by atoms with van der Waals surface area (Å²) >= 11 is 0. The first-order chi connectivity index (χ1) is 10.3. The van der Waals surface area contributed by atoms with Gasteiger partial charge in [-0.1, -0.05) is 25.7 Å². The predicted molar refractivity (Wildman–Crippen MR) is 86.1 cm³/mol. The van der Waals surface area contributed by atoms with Gasteiger partial charge in [0.15, 0.2) is 0 Å². The van der Waals surface area contributed by atoms with Crippen molar-refractivity contribution in [3.8, 4) is 0 Å². The van der Waals surface area contributed by atoms with E-state index in [1.54, 1.807) is 0 Å². The summed E-state index contributed by atoms with van der Waals surface area (Å²) < 4.78 is 0. The van der Waals surface area contributed by atoms with E-state index in [2.05, 4.69) is 10.2 Å². The van der Waals surface area contributed by atoms with Crippen molar-refractivity contribution in [3.05, 3.63) is 0 Å². The van der Waals surface area contributed by atoms with Crippen molar-refractivity contribution >= 4 is 5.91 Å². The molecule has 0 aromatic heterocycles. The SMILES string of the molecule is O=C(CC1CCCCCC1)N(CC1CCCNC1)C1CC1. The molecule has 1 saturated heterocycles. The Hall–Kier alpha value is -0.570. The maximum atomic E-state index is 12.8. The molecule has 3 fully saturated rings. The van der Waals surface area contributed by atoms with Crippen LogP contribution in [-0.4, -0.2) is 36.5 Å². The molecule has 1 atom stereocenters. The van der Waals surface area contributed by atoms with Gasteiger partial charge >= 0.3 is 0 Å². The molecule has 120 valence electrons. The molecular formula is C18H32N2O. The highest BCUT2D eigenvalue weighted by atomic mass is 16.2. The number of nitrogens with zero attached hydrogens (tertiary/aromatic N) is 1. The molecule has 21 heavy (non-hydrogen) atoms. The Morgan fingerprint density at radius 3 is 2.24 bits per heavy atom. The molecule has 1 N–H and O–H groups in total. The molecule has 3 rings (SSSR count). The van der Waals surface area contributed by atoms with E-state index in [0.29, 0.717) is 23.8 Å². The van der Waals surface area contributed by atoms with Gasteiger partial charge in [-0.25, -0.2) is 0 Å². The minimum absolute atomic E-state index is 0.468. The average Bonchev–Trinajstić information content (AvgIpc) is 3.33. The van der Waals surface area contributed by atoms with Crippen LogP contribution in [0.15, 0.2) is 0 Å². The zero-order valence-corrected chi connectivity index (χ0v) is 13.5. The second-order valence-corrected chi connectivity index (χ2v) is 7.55. The fourth-order valence-corrected chi connectivity index (χ4v) is 4.13. The van der Waals surface area contributed by atoms with Crippen molar-refractivity contribution in [1.29, 1.82) is 0 Å². The van der Waals surface area contributed by atoms with Gasteiger partial charge in [0.1, 0.15) is 0 Å². The molecule has 1 heterocycles. The molecule has 0 spiro atoms. The predicted octanol–water partition coefficient (Wildman–Crippen LogP) is 3.34. The first-order valence-electron chi connectivity index (χ1n) is 9.33. The molecule has 3 aliphatic rings. The average molecular weight is 292 g/mol. The second-order valence-electron chi connectivity index (χ2n) is 7.55. The first kappa shape index (κ1) is 15.3. The lowest BCUT2D eigenvalue weighted by atomic mass is 9.95. The fourth-order valence-electron chi connectivity index (χ4n) is 4.13. The van der Waals surface area contributed by atoms with Crippen LogP contribution in [0.5, 0.6) is 0 Å². The summed E-state index contributed by atoms with van der Waals surface area (Å²) in [6.07, 6.45) is 13.9. The van der Waals surface area contributed by atoms with E-state index in [1.165, 1.54) is 64.2 Å². The van der Waals surface area contributed by atoms with E-state index in [9.17, 15) is 4.79 Å². The van der Waals surface area contributed by atoms with Gasteiger partial charge in [-0.2, -0.15) is 0 Å². The molecule has 3 nitrogen and oxygen atoms in total. The van der Waals surface area contributed by atoms with Crippen LogP contribution in [0.3, 0.4) is 0 Å². The number of piperidine rings is 1. The minimum atomic E-state index is 0.468. The smallest absolute Gasteiger partial charge is 0.223 e. The summed E-state index contributed by atoms with van der Waals surface area (Å²) in [7, 11) is 0. The number of carbonyl (C=O) groups excluding carboxylic acids is 1. The lowest BCUT2D eigenvalue weighted by Gasteiger charge is -2.31. The van der Waals surface area contributed by atoms with E-state index in [0.717, 1.165) is 26.1 Å². The van der Waals surface area contributed by atoms with Crippen LogP contribution in [-0.2, 0) is 4.79 Å². The van der Waals surface area contributed by atoms with Crippen molar-refractivity contribution in [2.24, 2.45) is 11.8 Å². The molecule has 2 saturated carbocycles. The van der Waals surface area contributed by atoms with Gasteiger partial charge in [0, 0.05) is 19.0 Å². The third kappa shape index (κ3) is 4.70. The maximum absolute atomic E-state index is 12.8. The summed E-state index contributed by atoms with van der Waals surface area (Å²) in [5.74, 6) is 1.83. The topological polar surface area (TPSA) is 32.3 Å². The van der Waals surface area contributed by atoms with Crippen LogP contribution in [0, 0.1) is 11.8 Å². The Morgan fingerprint density at radius 2 is 1.62 bits per heavy atom. The van der Waals surface area contributed by atoms with Gasteiger partial charge in [-0.15, -0.1) is 0 Å². The minimum Gasteiger partial charge on any atom is -0.339 e. The van der Waals surface area contributed by atoms with E-state index in [-0.39, 0.29) is 0 Å². The highest BCUT2D eigenvalue weighted by molar-refractivity contribution is 5.77. The van der Waals surface area contributed by atoms with Gasteiger partial charge in [0.05, 0.1) is 0 Å². The van der Waals surface area contributed by atoms with Crippen LogP contribution in [0.1, 0.15) is 70.6 Å². The summed E-state index contributed by atoms with van der Waals surface area (Å²) in [5.41, 5.74) is 0. The summed E-state index contributed by atoms with van der Waals surface area (Å²) in [5, 5.41) is 3.49. The number of hydrogen-bond donors (Lipinski definition) is 1. The summed E-state index contributed by atoms with van der Waals surface area (Å²) in [4.78, 5) is 15.1. The molecule has 0 aromatic rings. The number of amides is 1. The molecule has 1 amide bonds. The summed E-state index contributed by atoms with van der Waals surface area (Å²) in [6, 6.07) is 0.588. The molecule has 0 aromatic carbocycles. The lowest BCUT2D eigenvalue weighted by Crippen LogP contribution is -2.42. The number of rotatable bonds is 5. The molecule has 0 bridgehead atoms. The highest BCUT2D eigenvalue weighted by Gasteiger charge is 2.34. The van der Waals surface area contributed by atoms with Crippen LogP contribution < -0.4 is 5.32 Å². The highest BCUT2D eigenvalue weighted by Crippen LogP contribution is 2.32. The Bertz CT molecular complexity index is 326. The number of hydrogen-bond acceptors (Lipinski definition) is 2. The lowest BCUT2D eigenvalue weighted by molar-refractivity contribution is -0.133. The largest absolute Gasteiger partial charge is 0.339 e. The molecule has 2 aliphatic carbocycles. The quantitative estimate of drug-likeness (QED) is 0.788. The van der Waals surface area contributed by atoms with Gasteiger partial charge in [-0.3, -0.25) is 4.79 Å². The van der Waals surface area contributed by atoms with Gasteiger partial charge < -0.3 is 10.2 Å². The van der Waals surface area contributed by atoms with Gasteiger partial charge in [0.25, 0.3) is 0 Å². The Balaban J connectivity index is 1.51. The van der Waals surface area contributed by atoms with Crippen molar-refractivity contribution < 1.29 is 4.79 Å². The van der Waals surface area contributed by atoms with Crippen LogP contribution in [0.4, 0.5) is 0 Å². The zero-order chi connectivity index (χ0) is 14.5. The van der Waals surface area contributed by atoms with Crippen LogP contribution in [0.2, 0.25) is 0 Å².